The molecule has 5 heteroatoms. The highest BCUT2D eigenvalue weighted by molar-refractivity contribution is 5.52. The molecule has 0 aliphatic heterocycles. The SMILES string of the molecule is CNCc1cc(-c2cnccn2)nn1C(C)C. The van der Waals surface area contributed by atoms with Gasteiger partial charge in [-0.05, 0) is 27.0 Å². The molecule has 90 valence electrons. The van der Waals surface area contributed by atoms with Gasteiger partial charge in [-0.25, -0.2) is 0 Å². The van der Waals surface area contributed by atoms with Crippen molar-refractivity contribution < 1.29 is 0 Å². The Bertz CT molecular complexity index is 475. The molecule has 2 aromatic rings. The van der Waals surface area contributed by atoms with Crippen molar-refractivity contribution in [3.8, 4) is 11.4 Å². The molecular formula is C12H17N5. The third-order valence-electron chi connectivity index (χ3n) is 2.49. The Kier molecular flexibility index (Phi) is 3.49. The number of hydrogen-bond donors (Lipinski definition) is 1. The van der Waals surface area contributed by atoms with Crippen molar-refractivity contribution in [3.05, 3.63) is 30.4 Å². The Hall–Kier alpha value is -1.75. The lowest BCUT2D eigenvalue weighted by atomic mass is 10.3. The van der Waals surface area contributed by atoms with Gasteiger partial charge in [-0.3, -0.25) is 14.6 Å². The van der Waals surface area contributed by atoms with Gasteiger partial charge in [-0.2, -0.15) is 5.10 Å². The van der Waals surface area contributed by atoms with E-state index < -0.39 is 0 Å². The van der Waals surface area contributed by atoms with Gasteiger partial charge < -0.3 is 5.32 Å². The van der Waals surface area contributed by atoms with Gasteiger partial charge in [0.25, 0.3) is 0 Å². The average Bonchev–Trinajstić information content (AvgIpc) is 2.75. The molecule has 0 aromatic carbocycles. The number of aromatic nitrogens is 4. The number of rotatable bonds is 4. The molecular weight excluding hydrogens is 214 g/mol. The molecule has 1 N–H and O–H groups in total. The number of nitrogens with one attached hydrogen (secondary N) is 1. The highest BCUT2D eigenvalue weighted by atomic mass is 15.3. The Labute approximate surface area is 101 Å². The summed E-state index contributed by atoms with van der Waals surface area (Å²) < 4.78 is 2.01. The van der Waals surface area contributed by atoms with Gasteiger partial charge in [0.1, 0.15) is 11.4 Å². The molecule has 0 spiro atoms. The van der Waals surface area contributed by atoms with Crippen LogP contribution in [-0.2, 0) is 6.54 Å². The zero-order valence-corrected chi connectivity index (χ0v) is 10.4. The molecule has 0 amide bonds. The summed E-state index contributed by atoms with van der Waals surface area (Å²) in [7, 11) is 1.93. The fourth-order valence-corrected chi connectivity index (χ4v) is 1.75. The molecule has 2 heterocycles. The summed E-state index contributed by atoms with van der Waals surface area (Å²) in [6.07, 6.45) is 5.08. The molecule has 2 rings (SSSR count). The van der Waals surface area contributed by atoms with E-state index in [9.17, 15) is 0 Å². The van der Waals surface area contributed by atoms with Crippen LogP contribution >= 0.6 is 0 Å². The van der Waals surface area contributed by atoms with Crippen molar-refractivity contribution in [3.63, 3.8) is 0 Å². The monoisotopic (exact) mass is 231 g/mol. The lowest BCUT2D eigenvalue weighted by Crippen LogP contribution is -2.13. The van der Waals surface area contributed by atoms with Crippen LogP contribution in [0.5, 0.6) is 0 Å². The van der Waals surface area contributed by atoms with E-state index in [1.165, 1.54) is 0 Å². The molecule has 0 fully saturated rings. The quantitative estimate of drug-likeness (QED) is 0.869. The van der Waals surface area contributed by atoms with Gasteiger partial charge in [0, 0.05) is 25.0 Å². The lowest BCUT2D eigenvalue weighted by Gasteiger charge is -2.09. The molecule has 5 nitrogen and oxygen atoms in total. The summed E-state index contributed by atoms with van der Waals surface area (Å²) in [6.45, 7) is 5.03. The molecule has 0 radical (unpaired) electrons. The molecule has 0 aliphatic carbocycles. The summed E-state index contributed by atoms with van der Waals surface area (Å²) in [4.78, 5) is 8.33. The summed E-state index contributed by atoms with van der Waals surface area (Å²) >= 11 is 0. The van der Waals surface area contributed by atoms with E-state index in [-0.39, 0.29) is 0 Å². The zero-order valence-electron chi connectivity index (χ0n) is 10.4. The third kappa shape index (κ3) is 2.50. The van der Waals surface area contributed by atoms with Crippen molar-refractivity contribution in [2.24, 2.45) is 0 Å². The molecule has 0 unspecified atom stereocenters. The van der Waals surface area contributed by atoms with Gasteiger partial charge in [0.2, 0.25) is 0 Å². The van der Waals surface area contributed by atoms with E-state index in [2.05, 4.69) is 40.3 Å². The molecule has 0 saturated heterocycles. The second-order valence-electron chi connectivity index (χ2n) is 4.18. The van der Waals surface area contributed by atoms with Crippen molar-refractivity contribution in [2.75, 3.05) is 7.05 Å². The van der Waals surface area contributed by atoms with E-state index in [1.807, 2.05) is 11.7 Å². The Balaban J connectivity index is 2.40. The van der Waals surface area contributed by atoms with Crippen molar-refractivity contribution >= 4 is 0 Å². The van der Waals surface area contributed by atoms with Crippen molar-refractivity contribution in [1.82, 2.24) is 25.1 Å². The van der Waals surface area contributed by atoms with Crippen LogP contribution in [0.25, 0.3) is 11.4 Å². The van der Waals surface area contributed by atoms with E-state index in [4.69, 9.17) is 0 Å². The first kappa shape index (κ1) is 11.7. The minimum absolute atomic E-state index is 0.337. The summed E-state index contributed by atoms with van der Waals surface area (Å²) in [6, 6.07) is 2.39. The second kappa shape index (κ2) is 5.05. The van der Waals surface area contributed by atoms with Crippen LogP contribution in [0.3, 0.4) is 0 Å². The highest BCUT2D eigenvalue weighted by Gasteiger charge is 2.11. The van der Waals surface area contributed by atoms with Crippen LogP contribution < -0.4 is 5.32 Å². The summed E-state index contributed by atoms with van der Waals surface area (Å²) in [5.41, 5.74) is 2.84. The number of hydrogen-bond acceptors (Lipinski definition) is 4. The normalized spacial score (nSPS) is 11.1. The Morgan fingerprint density at radius 3 is 2.71 bits per heavy atom. The standard InChI is InChI=1S/C12H17N5/c1-9(2)17-10(7-13-3)6-11(16-17)12-8-14-4-5-15-12/h4-6,8-9,13H,7H2,1-3H3. The maximum Gasteiger partial charge on any atom is 0.113 e. The predicted molar refractivity (Wildman–Crippen MR) is 66.4 cm³/mol. The van der Waals surface area contributed by atoms with Gasteiger partial charge in [-0.15, -0.1) is 0 Å². The van der Waals surface area contributed by atoms with Gasteiger partial charge in [0.15, 0.2) is 0 Å². The maximum absolute atomic E-state index is 4.57. The van der Waals surface area contributed by atoms with Gasteiger partial charge >= 0.3 is 0 Å². The average molecular weight is 231 g/mol. The minimum atomic E-state index is 0.337. The summed E-state index contributed by atoms with van der Waals surface area (Å²) in [5, 5.41) is 7.72. The first-order valence-electron chi connectivity index (χ1n) is 5.71. The van der Waals surface area contributed by atoms with Crippen LogP contribution in [-0.4, -0.2) is 26.8 Å². The van der Waals surface area contributed by atoms with E-state index in [1.54, 1.807) is 18.6 Å². The first-order valence-corrected chi connectivity index (χ1v) is 5.71. The second-order valence-corrected chi connectivity index (χ2v) is 4.18. The van der Waals surface area contributed by atoms with Crippen LogP contribution in [0.1, 0.15) is 25.6 Å². The zero-order chi connectivity index (χ0) is 12.3. The Morgan fingerprint density at radius 2 is 2.12 bits per heavy atom. The molecule has 2 aromatic heterocycles. The topological polar surface area (TPSA) is 55.6 Å². The van der Waals surface area contributed by atoms with Crippen LogP contribution in [0.4, 0.5) is 0 Å². The van der Waals surface area contributed by atoms with E-state index in [0.29, 0.717) is 6.04 Å². The maximum atomic E-state index is 4.57. The van der Waals surface area contributed by atoms with E-state index in [0.717, 1.165) is 23.6 Å². The van der Waals surface area contributed by atoms with E-state index >= 15 is 0 Å². The number of nitrogens with zero attached hydrogens (tertiary/aromatic N) is 4. The van der Waals surface area contributed by atoms with Crippen LogP contribution in [0.2, 0.25) is 0 Å². The van der Waals surface area contributed by atoms with Gasteiger partial charge in [0.05, 0.1) is 11.9 Å². The molecule has 0 atom stereocenters. The minimum Gasteiger partial charge on any atom is -0.314 e. The fourth-order valence-electron chi connectivity index (χ4n) is 1.75. The Morgan fingerprint density at radius 1 is 1.29 bits per heavy atom. The molecule has 0 aliphatic rings. The van der Waals surface area contributed by atoms with Crippen LogP contribution in [0.15, 0.2) is 24.7 Å². The first-order chi connectivity index (χ1) is 8.22. The molecule has 0 saturated carbocycles. The van der Waals surface area contributed by atoms with Crippen molar-refractivity contribution in [2.45, 2.75) is 26.4 Å². The predicted octanol–water partition coefficient (Wildman–Crippen LogP) is 1.64. The summed E-state index contributed by atoms with van der Waals surface area (Å²) in [5.74, 6) is 0. The smallest absolute Gasteiger partial charge is 0.113 e. The highest BCUT2D eigenvalue weighted by Crippen LogP contribution is 2.18. The largest absolute Gasteiger partial charge is 0.314 e. The van der Waals surface area contributed by atoms with Crippen LogP contribution in [0, 0.1) is 0 Å². The fraction of sp³-hybridized carbons (Fsp3) is 0.417. The van der Waals surface area contributed by atoms with Gasteiger partial charge in [-0.1, -0.05) is 0 Å². The molecule has 17 heavy (non-hydrogen) atoms. The van der Waals surface area contributed by atoms with Crippen molar-refractivity contribution in [1.29, 1.82) is 0 Å². The third-order valence-corrected chi connectivity index (χ3v) is 2.49. The lowest BCUT2D eigenvalue weighted by molar-refractivity contribution is 0.503. The molecule has 0 bridgehead atoms.